The summed E-state index contributed by atoms with van der Waals surface area (Å²) < 4.78 is 33.1. The van der Waals surface area contributed by atoms with Gasteiger partial charge in [0, 0.05) is 24.2 Å². The van der Waals surface area contributed by atoms with Gasteiger partial charge >= 0.3 is 5.97 Å². The second-order valence-electron chi connectivity index (χ2n) is 10.7. The number of rotatable bonds is 7. The Bertz CT molecular complexity index is 1490. The summed E-state index contributed by atoms with van der Waals surface area (Å²) >= 11 is 0. The molecule has 3 heterocycles. The summed E-state index contributed by atoms with van der Waals surface area (Å²) in [6, 6.07) is 7.53. The number of amidine groups is 1. The van der Waals surface area contributed by atoms with E-state index < -0.39 is 33.8 Å². The summed E-state index contributed by atoms with van der Waals surface area (Å²) in [4.78, 5) is 29.6. The number of pyridine rings is 2. The van der Waals surface area contributed by atoms with Crippen LogP contribution in [0.1, 0.15) is 46.6 Å². The highest BCUT2D eigenvalue weighted by Gasteiger charge is 2.35. The Morgan fingerprint density at radius 3 is 2.55 bits per heavy atom. The van der Waals surface area contributed by atoms with E-state index in [-0.39, 0.29) is 33.5 Å². The van der Waals surface area contributed by atoms with Gasteiger partial charge in [-0.1, -0.05) is 45.4 Å². The number of anilines is 1. The fourth-order valence-electron chi connectivity index (χ4n) is 4.15. The molecule has 12 heteroatoms. The van der Waals surface area contributed by atoms with Crippen LogP contribution >= 0.6 is 10.8 Å². The molecule has 1 aromatic carbocycles. The van der Waals surface area contributed by atoms with Crippen LogP contribution in [0.5, 0.6) is 11.5 Å². The third-order valence-corrected chi connectivity index (χ3v) is 7.51. The number of nitrogens with one attached hydrogen (secondary N) is 1. The Kier molecular flexibility index (Phi) is 7.17. The highest BCUT2D eigenvalue weighted by Crippen LogP contribution is 2.56. The average molecular weight is 545 g/mol. The van der Waals surface area contributed by atoms with Crippen molar-refractivity contribution in [1.82, 2.24) is 9.55 Å². The molecule has 1 unspecified atom stereocenters. The van der Waals surface area contributed by atoms with Gasteiger partial charge < -0.3 is 20.3 Å². The van der Waals surface area contributed by atoms with Crippen molar-refractivity contribution in [3.63, 3.8) is 0 Å². The fourth-order valence-corrected chi connectivity index (χ4v) is 5.32. The average Bonchev–Trinajstić information content (AvgIpc) is 2.81. The standard InChI is InChI=1S/C26H32N4O7S/c1-14(2)10-12-30-23-16(7-6-11-27-23)20(31)19(24(30)32)22-28-17-9-8-15(13-18(17)38(35,36)29-22)37-21(25(33)34)26(3,4)5/h6-9,11,13-14,21,31,35-36H,10,12H2,1-5H3,(H,28,29)(H,33,34). The molecule has 0 fully saturated rings. The number of nitrogens with zero attached hydrogens (tertiary/aromatic N) is 3. The summed E-state index contributed by atoms with van der Waals surface area (Å²) in [5.41, 5.74) is -0.973. The molecule has 1 atom stereocenters. The van der Waals surface area contributed by atoms with Crippen LogP contribution in [0.2, 0.25) is 0 Å². The Labute approximate surface area is 221 Å². The van der Waals surface area contributed by atoms with Crippen LogP contribution in [-0.4, -0.2) is 46.8 Å². The van der Waals surface area contributed by atoms with Crippen molar-refractivity contribution in [1.29, 1.82) is 0 Å². The summed E-state index contributed by atoms with van der Waals surface area (Å²) in [6.07, 6.45) is 1.03. The molecule has 3 aromatic rings. The Morgan fingerprint density at radius 1 is 1.21 bits per heavy atom. The van der Waals surface area contributed by atoms with Crippen LogP contribution < -0.4 is 15.6 Å². The van der Waals surface area contributed by atoms with Gasteiger partial charge in [-0.2, -0.15) is 0 Å². The monoisotopic (exact) mass is 544 g/mol. The minimum absolute atomic E-state index is 0.0288. The van der Waals surface area contributed by atoms with Crippen molar-refractivity contribution in [2.75, 3.05) is 5.32 Å². The number of hydrogen-bond donors (Lipinski definition) is 5. The van der Waals surface area contributed by atoms with E-state index in [4.69, 9.17) is 4.74 Å². The first-order chi connectivity index (χ1) is 17.7. The minimum atomic E-state index is -3.86. The van der Waals surface area contributed by atoms with Crippen LogP contribution in [0.15, 0.2) is 50.6 Å². The molecular weight excluding hydrogens is 512 g/mol. The van der Waals surface area contributed by atoms with Crippen LogP contribution in [0.25, 0.3) is 11.0 Å². The lowest BCUT2D eigenvalue weighted by atomic mass is 9.89. The molecule has 0 bridgehead atoms. The largest absolute Gasteiger partial charge is 0.506 e. The van der Waals surface area contributed by atoms with Gasteiger partial charge in [0.15, 0.2) is 11.9 Å². The van der Waals surface area contributed by atoms with E-state index in [0.717, 1.165) is 0 Å². The number of hydrogen-bond acceptors (Lipinski definition) is 9. The Hall–Kier alpha value is -3.61. The molecule has 0 amide bonds. The summed E-state index contributed by atoms with van der Waals surface area (Å²) in [7, 11) is -3.86. The molecule has 11 nitrogen and oxygen atoms in total. The molecular formula is C26H32N4O7S. The number of carbonyl (C=O) groups is 1. The molecule has 0 saturated carbocycles. The lowest BCUT2D eigenvalue weighted by molar-refractivity contribution is -0.150. The minimum Gasteiger partial charge on any atom is -0.506 e. The normalized spacial score (nSPS) is 16.4. The molecule has 1 aliphatic heterocycles. The topological polar surface area (TPSA) is 166 Å². The first kappa shape index (κ1) is 27.4. The third-order valence-electron chi connectivity index (χ3n) is 6.14. The SMILES string of the molecule is CC(C)CCn1c(=O)c(C2=NS(O)(O)c3cc(OC(C(=O)O)C(C)(C)C)ccc3N2)c(O)c2cccnc21. The molecule has 4 rings (SSSR count). The molecule has 2 aromatic heterocycles. The number of ether oxygens (including phenoxy) is 1. The van der Waals surface area contributed by atoms with Gasteiger partial charge in [0.05, 0.1) is 11.1 Å². The maximum atomic E-state index is 13.6. The number of fused-ring (bicyclic) bond motifs is 2. The molecule has 38 heavy (non-hydrogen) atoms. The van der Waals surface area contributed by atoms with Gasteiger partial charge in [0.1, 0.15) is 27.6 Å². The van der Waals surface area contributed by atoms with E-state index >= 15 is 0 Å². The van der Waals surface area contributed by atoms with Crippen LogP contribution in [-0.2, 0) is 11.3 Å². The molecule has 0 spiro atoms. The molecule has 204 valence electrons. The van der Waals surface area contributed by atoms with Crippen molar-refractivity contribution < 1.29 is 28.8 Å². The summed E-state index contributed by atoms with van der Waals surface area (Å²) in [5.74, 6) is -1.32. The third kappa shape index (κ3) is 5.19. The van der Waals surface area contributed by atoms with E-state index in [9.17, 15) is 28.9 Å². The zero-order valence-corrected chi connectivity index (χ0v) is 22.6. The smallest absolute Gasteiger partial charge is 0.345 e. The van der Waals surface area contributed by atoms with Crippen LogP contribution in [0.3, 0.4) is 0 Å². The predicted octanol–water partition coefficient (Wildman–Crippen LogP) is 4.92. The van der Waals surface area contributed by atoms with E-state index in [1.54, 1.807) is 32.9 Å². The maximum absolute atomic E-state index is 13.6. The molecule has 1 aliphatic rings. The van der Waals surface area contributed by atoms with Gasteiger partial charge in [0.2, 0.25) is 0 Å². The van der Waals surface area contributed by atoms with Gasteiger partial charge in [-0.3, -0.25) is 18.5 Å². The summed E-state index contributed by atoms with van der Waals surface area (Å²) in [6.45, 7) is 9.55. The molecule has 0 radical (unpaired) electrons. The number of aliphatic carboxylic acids is 1. The zero-order chi connectivity index (χ0) is 28.0. The number of carboxylic acid groups (broad SMARTS) is 1. The van der Waals surface area contributed by atoms with Crippen molar-refractivity contribution in [2.24, 2.45) is 15.7 Å². The highest BCUT2D eigenvalue weighted by atomic mass is 32.3. The number of benzene rings is 1. The van der Waals surface area contributed by atoms with Gasteiger partial charge in [0.25, 0.3) is 5.56 Å². The summed E-state index contributed by atoms with van der Waals surface area (Å²) in [5, 5.41) is 23.9. The quantitative estimate of drug-likeness (QED) is 0.277. The second kappa shape index (κ2) is 9.93. The van der Waals surface area contributed by atoms with Crippen molar-refractivity contribution in [2.45, 2.75) is 58.6 Å². The maximum Gasteiger partial charge on any atom is 0.345 e. The van der Waals surface area contributed by atoms with Crippen molar-refractivity contribution in [3.8, 4) is 11.5 Å². The van der Waals surface area contributed by atoms with Crippen LogP contribution in [0.4, 0.5) is 5.69 Å². The van der Waals surface area contributed by atoms with E-state index in [0.29, 0.717) is 29.9 Å². The Morgan fingerprint density at radius 2 is 1.92 bits per heavy atom. The first-order valence-electron chi connectivity index (χ1n) is 12.1. The lowest BCUT2D eigenvalue weighted by Gasteiger charge is -2.35. The highest BCUT2D eigenvalue weighted by molar-refractivity contribution is 8.23. The van der Waals surface area contributed by atoms with Crippen LogP contribution in [0, 0.1) is 11.3 Å². The van der Waals surface area contributed by atoms with E-state index in [1.165, 1.54) is 29.0 Å². The Balaban J connectivity index is 1.80. The van der Waals surface area contributed by atoms with Gasteiger partial charge in [-0.15, -0.1) is 4.40 Å². The zero-order valence-electron chi connectivity index (χ0n) is 21.8. The number of aromatic hydroxyl groups is 1. The fraction of sp³-hybridized carbons (Fsp3) is 0.385. The van der Waals surface area contributed by atoms with Gasteiger partial charge in [-0.05, 0) is 36.6 Å². The molecule has 0 saturated heterocycles. The molecule has 0 aliphatic carbocycles. The van der Waals surface area contributed by atoms with Gasteiger partial charge in [-0.25, -0.2) is 9.78 Å². The van der Waals surface area contributed by atoms with Crippen molar-refractivity contribution in [3.05, 3.63) is 52.4 Å². The predicted molar refractivity (Wildman–Crippen MR) is 146 cm³/mol. The van der Waals surface area contributed by atoms with Crippen molar-refractivity contribution >= 4 is 39.3 Å². The number of aryl methyl sites for hydroxylation is 1. The first-order valence-corrected chi connectivity index (χ1v) is 13.6. The second-order valence-corrected chi connectivity index (χ2v) is 12.3. The lowest BCUT2D eigenvalue weighted by Crippen LogP contribution is -2.39. The van der Waals surface area contributed by atoms with E-state index in [1.807, 2.05) is 13.8 Å². The van der Waals surface area contributed by atoms with E-state index in [2.05, 4.69) is 14.7 Å². The number of carboxylic acids is 1. The number of aromatic nitrogens is 2. The molecule has 5 N–H and O–H groups in total.